The van der Waals surface area contributed by atoms with Gasteiger partial charge < -0.3 is 5.73 Å². The van der Waals surface area contributed by atoms with Crippen molar-refractivity contribution in [3.05, 3.63) is 30.6 Å². The summed E-state index contributed by atoms with van der Waals surface area (Å²) in [5, 5.41) is 10.9. The summed E-state index contributed by atoms with van der Waals surface area (Å²) in [4.78, 5) is 0.242. The van der Waals surface area contributed by atoms with Gasteiger partial charge in [-0.05, 0) is 41.5 Å². The lowest BCUT2D eigenvalue weighted by Gasteiger charge is -2.29. The largest absolute Gasteiger partial charge is 0.328 e. The van der Waals surface area contributed by atoms with Crippen molar-refractivity contribution in [3.8, 4) is 5.69 Å². The van der Waals surface area contributed by atoms with Gasteiger partial charge in [-0.1, -0.05) is 6.07 Å². The second kappa shape index (κ2) is 6.69. The van der Waals surface area contributed by atoms with E-state index in [-0.39, 0.29) is 23.3 Å². The Kier molecular flexibility index (Phi) is 5.12. The number of hydrogen-bond donors (Lipinski definition) is 1. The molecule has 1 aromatic carbocycles. The number of halogens is 1. The summed E-state index contributed by atoms with van der Waals surface area (Å²) in [6.07, 6.45) is 2.80. The minimum atomic E-state index is -3.50. The second-order valence-corrected chi connectivity index (χ2v) is 6.93. The number of tetrazole rings is 1. The van der Waals surface area contributed by atoms with Crippen molar-refractivity contribution in [2.45, 2.75) is 23.8 Å². The highest BCUT2D eigenvalue weighted by Crippen LogP contribution is 2.21. The van der Waals surface area contributed by atoms with Crippen LogP contribution < -0.4 is 5.73 Å². The van der Waals surface area contributed by atoms with Crippen molar-refractivity contribution in [1.29, 1.82) is 0 Å². The van der Waals surface area contributed by atoms with E-state index in [1.807, 2.05) is 0 Å². The lowest BCUT2D eigenvalue weighted by atomic mass is 10.1. The van der Waals surface area contributed by atoms with E-state index in [2.05, 4.69) is 15.5 Å². The molecular formula is C12H17ClN6O2S. The van der Waals surface area contributed by atoms with Gasteiger partial charge in [0.15, 0.2) is 0 Å². The Bertz CT molecular complexity index is 713. The zero-order chi connectivity index (χ0) is 14.9. The summed E-state index contributed by atoms with van der Waals surface area (Å²) in [6, 6.07) is 6.67. The average molecular weight is 345 g/mol. The van der Waals surface area contributed by atoms with Crippen molar-refractivity contribution < 1.29 is 8.42 Å². The molecule has 1 aromatic heterocycles. The fourth-order valence-corrected chi connectivity index (χ4v) is 3.84. The Morgan fingerprint density at radius 1 is 1.23 bits per heavy atom. The first kappa shape index (κ1) is 16.8. The number of nitrogens with two attached hydrogens (primary N) is 1. The molecule has 0 atom stereocenters. The van der Waals surface area contributed by atoms with Gasteiger partial charge in [0.1, 0.15) is 6.33 Å². The predicted molar refractivity (Wildman–Crippen MR) is 82.4 cm³/mol. The van der Waals surface area contributed by atoms with E-state index in [1.54, 1.807) is 24.3 Å². The molecular weight excluding hydrogens is 328 g/mol. The topological polar surface area (TPSA) is 107 Å². The summed E-state index contributed by atoms with van der Waals surface area (Å²) < 4.78 is 28.2. The smallest absolute Gasteiger partial charge is 0.243 e. The van der Waals surface area contributed by atoms with Crippen LogP contribution in [-0.4, -0.2) is 52.1 Å². The molecule has 0 unspecified atom stereocenters. The van der Waals surface area contributed by atoms with Gasteiger partial charge in [-0.3, -0.25) is 0 Å². The highest BCUT2D eigenvalue weighted by molar-refractivity contribution is 7.89. The lowest BCUT2D eigenvalue weighted by Crippen LogP contribution is -2.42. The van der Waals surface area contributed by atoms with Crippen LogP contribution in [0.25, 0.3) is 5.69 Å². The molecule has 0 amide bonds. The monoisotopic (exact) mass is 344 g/mol. The van der Waals surface area contributed by atoms with E-state index in [1.165, 1.54) is 15.3 Å². The van der Waals surface area contributed by atoms with Crippen molar-refractivity contribution in [2.24, 2.45) is 5.73 Å². The summed E-state index contributed by atoms with van der Waals surface area (Å²) in [6.45, 7) is 0.914. The van der Waals surface area contributed by atoms with E-state index >= 15 is 0 Å². The predicted octanol–water partition coefficient (Wildman–Crippen LogP) is 0.196. The highest BCUT2D eigenvalue weighted by atomic mass is 35.5. The molecule has 1 aliphatic rings. The van der Waals surface area contributed by atoms with Crippen molar-refractivity contribution in [2.75, 3.05) is 13.1 Å². The average Bonchev–Trinajstić information content (AvgIpc) is 3.02. The van der Waals surface area contributed by atoms with Gasteiger partial charge in [-0.25, -0.2) is 13.1 Å². The minimum absolute atomic E-state index is 0. The third-order valence-corrected chi connectivity index (χ3v) is 5.46. The molecule has 2 aromatic rings. The van der Waals surface area contributed by atoms with E-state index in [9.17, 15) is 8.42 Å². The Labute approximate surface area is 134 Å². The quantitative estimate of drug-likeness (QED) is 0.852. The first-order chi connectivity index (χ1) is 10.1. The van der Waals surface area contributed by atoms with E-state index < -0.39 is 10.0 Å². The number of nitrogens with zero attached hydrogens (tertiary/aromatic N) is 5. The van der Waals surface area contributed by atoms with Crippen LogP contribution in [0.5, 0.6) is 0 Å². The summed E-state index contributed by atoms with van der Waals surface area (Å²) in [5.41, 5.74) is 6.43. The zero-order valence-electron chi connectivity index (χ0n) is 11.7. The van der Waals surface area contributed by atoms with Gasteiger partial charge in [-0.15, -0.1) is 17.5 Å². The molecule has 10 heteroatoms. The molecule has 2 N–H and O–H groups in total. The molecule has 1 fully saturated rings. The summed E-state index contributed by atoms with van der Waals surface area (Å²) >= 11 is 0. The number of piperidine rings is 1. The van der Waals surface area contributed by atoms with Crippen molar-refractivity contribution >= 4 is 22.4 Å². The second-order valence-electron chi connectivity index (χ2n) is 4.99. The molecule has 3 rings (SSSR count). The number of rotatable bonds is 3. The van der Waals surface area contributed by atoms with E-state index in [4.69, 9.17) is 5.73 Å². The van der Waals surface area contributed by atoms with Crippen LogP contribution in [0.15, 0.2) is 35.5 Å². The minimum Gasteiger partial charge on any atom is -0.328 e. The summed E-state index contributed by atoms with van der Waals surface area (Å²) in [5.74, 6) is 0. The van der Waals surface area contributed by atoms with Gasteiger partial charge in [0.05, 0.1) is 10.6 Å². The summed E-state index contributed by atoms with van der Waals surface area (Å²) in [7, 11) is -3.50. The van der Waals surface area contributed by atoms with Crippen LogP contribution in [-0.2, 0) is 10.0 Å². The van der Waals surface area contributed by atoms with Crippen LogP contribution in [0.4, 0.5) is 0 Å². The zero-order valence-corrected chi connectivity index (χ0v) is 13.4. The maximum Gasteiger partial charge on any atom is 0.243 e. The first-order valence-corrected chi connectivity index (χ1v) is 8.10. The standard InChI is InChI=1S/C12H16N6O2S.ClH/c13-10-4-6-17(7-5-10)21(19,20)12-3-1-2-11(8-12)18-9-14-15-16-18;/h1-3,8-10H,4-7,13H2;1H. The molecule has 8 nitrogen and oxygen atoms in total. The number of aromatic nitrogens is 4. The lowest BCUT2D eigenvalue weighted by molar-refractivity contribution is 0.320. The number of sulfonamides is 1. The van der Waals surface area contributed by atoms with Gasteiger partial charge >= 0.3 is 0 Å². The van der Waals surface area contributed by atoms with Gasteiger partial charge in [0.25, 0.3) is 0 Å². The molecule has 120 valence electrons. The molecule has 1 aliphatic heterocycles. The Hall–Kier alpha value is -1.55. The molecule has 0 bridgehead atoms. The van der Waals surface area contributed by atoms with Crippen LogP contribution >= 0.6 is 12.4 Å². The maximum atomic E-state index is 12.6. The maximum absolute atomic E-state index is 12.6. The molecule has 0 spiro atoms. The number of benzene rings is 1. The van der Waals surface area contributed by atoms with Crippen LogP contribution in [0.2, 0.25) is 0 Å². The molecule has 0 radical (unpaired) electrons. The van der Waals surface area contributed by atoms with Gasteiger partial charge in [0, 0.05) is 19.1 Å². The van der Waals surface area contributed by atoms with E-state index in [0.29, 0.717) is 31.6 Å². The van der Waals surface area contributed by atoms with Crippen LogP contribution in [0.1, 0.15) is 12.8 Å². The Morgan fingerprint density at radius 2 is 1.95 bits per heavy atom. The normalized spacial score (nSPS) is 17.1. The van der Waals surface area contributed by atoms with Crippen LogP contribution in [0.3, 0.4) is 0 Å². The molecule has 22 heavy (non-hydrogen) atoms. The number of hydrogen-bond acceptors (Lipinski definition) is 6. The SMILES string of the molecule is Cl.NC1CCN(S(=O)(=O)c2cccc(-n3cnnn3)c2)CC1. The molecule has 2 heterocycles. The third kappa shape index (κ3) is 3.27. The van der Waals surface area contributed by atoms with Crippen molar-refractivity contribution in [1.82, 2.24) is 24.5 Å². The third-order valence-electron chi connectivity index (χ3n) is 3.57. The molecule has 0 aliphatic carbocycles. The Morgan fingerprint density at radius 3 is 2.59 bits per heavy atom. The van der Waals surface area contributed by atoms with E-state index in [0.717, 1.165) is 0 Å². The van der Waals surface area contributed by atoms with Gasteiger partial charge in [0.2, 0.25) is 10.0 Å². The first-order valence-electron chi connectivity index (χ1n) is 6.66. The van der Waals surface area contributed by atoms with Gasteiger partial charge in [-0.2, -0.15) is 4.31 Å². The molecule has 0 saturated carbocycles. The Balaban J connectivity index is 0.00000176. The van der Waals surface area contributed by atoms with Crippen molar-refractivity contribution in [3.63, 3.8) is 0 Å². The highest BCUT2D eigenvalue weighted by Gasteiger charge is 2.28. The molecule has 1 saturated heterocycles. The fourth-order valence-electron chi connectivity index (χ4n) is 2.33. The van der Waals surface area contributed by atoms with Crippen LogP contribution in [0, 0.1) is 0 Å². The fraction of sp³-hybridized carbons (Fsp3) is 0.417.